The Kier molecular flexibility index (Phi) is 7.56. The number of likely N-dealkylation sites (N-methyl/N-ethyl adjacent to an activating group) is 1. The first-order valence-corrected chi connectivity index (χ1v) is 7.39. The molecule has 1 aliphatic heterocycles. The number of allylic oxidation sites excluding steroid dienone is 1. The summed E-state index contributed by atoms with van der Waals surface area (Å²) in [4.78, 5) is 2.48. The lowest BCUT2D eigenvalue weighted by Gasteiger charge is -2.37. The second-order valence-corrected chi connectivity index (χ2v) is 5.36. The van der Waals surface area contributed by atoms with Gasteiger partial charge in [0.05, 0.1) is 12.7 Å². The molecule has 0 radical (unpaired) electrons. The van der Waals surface area contributed by atoms with E-state index in [1.165, 1.54) is 12.0 Å². The van der Waals surface area contributed by atoms with Crippen molar-refractivity contribution in [3.8, 4) is 0 Å². The van der Waals surface area contributed by atoms with Crippen LogP contribution in [0.2, 0.25) is 0 Å². The number of nitrogens with one attached hydrogen (secondary N) is 1. The van der Waals surface area contributed by atoms with Crippen LogP contribution in [-0.2, 0) is 4.74 Å². The molecular weight excluding hydrogens is 224 g/mol. The first kappa shape index (κ1) is 15.7. The minimum atomic E-state index is 0.338. The van der Waals surface area contributed by atoms with Crippen LogP contribution in [0.5, 0.6) is 0 Å². The molecule has 1 fully saturated rings. The van der Waals surface area contributed by atoms with E-state index in [1.807, 2.05) is 0 Å². The van der Waals surface area contributed by atoms with Crippen molar-refractivity contribution in [2.45, 2.75) is 52.2 Å². The van der Waals surface area contributed by atoms with Gasteiger partial charge in [-0.1, -0.05) is 19.4 Å². The molecule has 1 heterocycles. The summed E-state index contributed by atoms with van der Waals surface area (Å²) in [5.74, 6) is 0. The van der Waals surface area contributed by atoms with Crippen molar-refractivity contribution in [1.82, 2.24) is 10.2 Å². The van der Waals surface area contributed by atoms with Crippen LogP contribution in [0.15, 0.2) is 12.2 Å². The van der Waals surface area contributed by atoms with E-state index in [2.05, 4.69) is 37.6 Å². The molecule has 0 aromatic carbocycles. The average molecular weight is 254 g/mol. The second-order valence-electron chi connectivity index (χ2n) is 5.36. The molecular formula is C15H30N2O. The Morgan fingerprint density at radius 3 is 2.89 bits per heavy atom. The molecule has 0 spiro atoms. The van der Waals surface area contributed by atoms with E-state index < -0.39 is 0 Å². The molecule has 1 rings (SSSR count). The van der Waals surface area contributed by atoms with Gasteiger partial charge >= 0.3 is 0 Å². The zero-order valence-corrected chi connectivity index (χ0v) is 12.4. The van der Waals surface area contributed by atoms with Gasteiger partial charge in [-0.15, -0.1) is 6.58 Å². The van der Waals surface area contributed by atoms with Crippen LogP contribution < -0.4 is 5.32 Å². The van der Waals surface area contributed by atoms with Gasteiger partial charge < -0.3 is 10.1 Å². The fourth-order valence-electron chi connectivity index (χ4n) is 2.41. The average Bonchev–Trinajstić information content (AvgIpc) is 2.38. The number of hydrogen-bond acceptors (Lipinski definition) is 3. The van der Waals surface area contributed by atoms with Crippen molar-refractivity contribution in [2.75, 3.05) is 32.8 Å². The number of hydrogen-bond donors (Lipinski definition) is 1. The third kappa shape index (κ3) is 5.51. The molecule has 1 saturated heterocycles. The summed E-state index contributed by atoms with van der Waals surface area (Å²) in [6.45, 7) is 15.8. The van der Waals surface area contributed by atoms with Gasteiger partial charge in [0.15, 0.2) is 0 Å². The summed E-state index contributed by atoms with van der Waals surface area (Å²) < 4.78 is 5.97. The van der Waals surface area contributed by atoms with Crippen molar-refractivity contribution in [2.24, 2.45) is 0 Å². The lowest BCUT2D eigenvalue weighted by molar-refractivity contribution is -0.0460. The fourth-order valence-corrected chi connectivity index (χ4v) is 2.41. The smallest absolute Gasteiger partial charge is 0.0855 e. The summed E-state index contributed by atoms with van der Waals surface area (Å²) in [6.07, 6.45) is 3.74. The SMILES string of the molecule is C=C(C)CCC(NCCC)C1CN(CC)CCO1. The minimum absolute atomic E-state index is 0.338. The highest BCUT2D eigenvalue weighted by atomic mass is 16.5. The van der Waals surface area contributed by atoms with Gasteiger partial charge in [-0.3, -0.25) is 4.90 Å². The molecule has 1 N–H and O–H groups in total. The Labute approximate surface area is 113 Å². The minimum Gasteiger partial charge on any atom is -0.374 e. The summed E-state index contributed by atoms with van der Waals surface area (Å²) in [7, 11) is 0. The van der Waals surface area contributed by atoms with Gasteiger partial charge in [-0.05, 0) is 39.3 Å². The summed E-state index contributed by atoms with van der Waals surface area (Å²) in [5, 5.41) is 3.65. The van der Waals surface area contributed by atoms with Crippen molar-refractivity contribution in [3.63, 3.8) is 0 Å². The molecule has 1 aliphatic rings. The van der Waals surface area contributed by atoms with Crippen LogP contribution in [0.1, 0.15) is 40.0 Å². The molecule has 0 aromatic heterocycles. The van der Waals surface area contributed by atoms with E-state index in [0.717, 1.165) is 45.6 Å². The van der Waals surface area contributed by atoms with Crippen LogP contribution in [0.4, 0.5) is 0 Å². The lowest BCUT2D eigenvalue weighted by Crippen LogP contribution is -2.52. The zero-order chi connectivity index (χ0) is 13.4. The van der Waals surface area contributed by atoms with Crippen LogP contribution in [-0.4, -0.2) is 49.8 Å². The predicted molar refractivity (Wildman–Crippen MR) is 78.0 cm³/mol. The summed E-state index contributed by atoms with van der Waals surface area (Å²) >= 11 is 0. The molecule has 2 unspecified atom stereocenters. The van der Waals surface area contributed by atoms with E-state index in [9.17, 15) is 0 Å². The number of nitrogens with zero attached hydrogens (tertiary/aromatic N) is 1. The summed E-state index contributed by atoms with van der Waals surface area (Å²) in [6, 6.07) is 0.469. The molecule has 18 heavy (non-hydrogen) atoms. The standard InChI is InChI=1S/C15H30N2O/c1-5-9-16-14(8-7-13(3)4)15-12-17(6-2)10-11-18-15/h14-16H,3,5-12H2,1-2,4H3. The molecule has 3 nitrogen and oxygen atoms in total. The molecule has 0 aliphatic carbocycles. The van der Waals surface area contributed by atoms with Crippen LogP contribution in [0.25, 0.3) is 0 Å². The molecule has 0 bridgehead atoms. The topological polar surface area (TPSA) is 24.5 Å². The fraction of sp³-hybridized carbons (Fsp3) is 0.867. The van der Waals surface area contributed by atoms with E-state index >= 15 is 0 Å². The highest BCUT2D eigenvalue weighted by molar-refractivity contribution is 4.92. The van der Waals surface area contributed by atoms with E-state index in [-0.39, 0.29) is 0 Å². The zero-order valence-electron chi connectivity index (χ0n) is 12.4. The van der Waals surface area contributed by atoms with Crippen molar-refractivity contribution < 1.29 is 4.74 Å². The van der Waals surface area contributed by atoms with E-state index in [0.29, 0.717) is 12.1 Å². The van der Waals surface area contributed by atoms with Crippen molar-refractivity contribution in [1.29, 1.82) is 0 Å². The van der Waals surface area contributed by atoms with Crippen LogP contribution >= 0.6 is 0 Å². The molecule has 0 saturated carbocycles. The number of rotatable bonds is 8. The molecule has 0 aromatic rings. The van der Waals surface area contributed by atoms with Gasteiger partial charge in [0.1, 0.15) is 0 Å². The third-order valence-electron chi connectivity index (χ3n) is 3.61. The predicted octanol–water partition coefficient (Wildman–Crippen LogP) is 2.43. The molecule has 106 valence electrons. The van der Waals surface area contributed by atoms with Crippen molar-refractivity contribution >= 4 is 0 Å². The lowest BCUT2D eigenvalue weighted by atomic mass is 10.0. The van der Waals surface area contributed by atoms with Gasteiger partial charge in [0, 0.05) is 19.1 Å². The van der Waals surface area contributed by atoms with Crippen molar-refractivity contribution in [3.05, 3.63) is 12.2 Å². The molecule has 0 amide bonds. The van der Waals surface area contributed by atoms with Gasteiger partial charge in [0.2, 0.25) is 0 Å². The van der Waals surface area contributed by atoms with Gasteiger partial charge in [-0.25, -0.2) is 0 Å². The third-order valence-corrected chi connectivity index (χ3v) is 3.61. The second kappa shape index (κ2) is 8.68. The van der Waals surface area contributed by atoms with Crippen LogP contribution in [0, 0.1) is 0 Å². The quantitative estimate of drug-likeness (QED) is 0.673. The normalized spacial score (nSPS) is 22.9. The Morgan fingerprint density at radius 2 is 2.28 bits per heavy atom. The maximum absolute atomic E-state index is 5.97. The Morgan fingerprint density at radius 1 is 1.50 bits per heavy atom. The van der Waals surface area contributed by atoms with Crippen LogP contribution in [0.3, 0.4) is 0 Å². The monoisotopic (exact) mass is 254 g/mol. The largest absolute Gasteiger partial charge is 0.374 e. The Hall–Kier alpha value is -0.380. The highest BCUT2D eigenvalue weighted by Crippen LogP contribution is 2.15. The number of morpholine rings is 1. The van der Waals surface area contributed by atoms with Gasteiger partial charge in [0.25, 0.3) is 0 Å². The maximum Gasteiger partial charge on any atom is 0.0855 e. The number of ether oxygens (including phenoxy) is 1. The first-order chi connectivity index (χ1) is 8.67. The first-order valence-electron chi connectivity index (χ1n) is 7.39. The van der Waals surface area contributed by atoms with Gasteiger partial charge in [-0.2, -0.15) is 0 Å². The maximum atomic E-state index is 5.97. The Bertz CT molecular complexity index is 243. The van der Waals surface area contributed by atoms with E-state index in [4.69, 9.17) is 4.74 Å². The Balaban J connectivity index is 2.48. The van der Waals surface area contributed by atoms with E-state index in [1.54, 1.807) is 0 Å². The summed E-state index contributed by atoms with van der Waals surface area (Å²) in [5.41, 5.74) is 1.27. The molecule has 3 heteroatoms. The highest BCUT2D eigenvalue weighted by Gasteiger charge is 2.26. The molecule has 2 atom stereocenters.